The van der Waals surface area contributed by atoms with Gasteiger partial charge in [-0.3, -0.25) is 9.59 Å². The van der Waals surface area contributed by atoms with Crippen molar-refractivity contribution >= 4 is 29.4 Å². The van der Waals surface area contributed by atoms with Crippen molar-refractivity contribution < 1.29 is 9.59 Å². The van der Waals surface area contributed by atoms with E-state index in [1.165, 1.54) is 11.8 Å². The van der Waals surface area contributed by atoms with E-state index in [4.69, 9.17) is 0 Å². The summed E-state index contributed by atoms with van der Waals surface area (Å²) >= 11 is 1.45. The number of rotatable bonds is 3. The summed E-state index contributed by atoms with van der Waals surface area (Å²) < 4.78 is 1.67. The van der Waals surface area contributed by atoms with Gasteiger partial charge in [0.25, 0.3) is 5.78 Å². The van der Waals surface area contributed by atoms with E-state index < -0.39 is 0 Å². The first-order valence-corrected chi connectivity index (χ1v) is 8.53. The highest BCUT2D eigenvalue weighted by atomic mass is 32.2. The Labute approximate surface area is 137 Å². The molecule has 0 atom stereocenters. The van der Waals surface area contributed by atoms with E-state index in [-0.39, 0.29) is 24.8 Å². The van der Waals surface area contributed by atoms with Gasteiger partial charge in [-0.2, -0.15) is 4.98 Å². The number of aryl methyl sites for hydroxylation is 2. The molecule has 0 saturated carbocycles. The number of carbonyl (C=O) groups is 2. The Hall–Kier alpha value is -2.16. The molecule has 1 aliphatic rings. The summed E-state index contributed by atoms with van der Waals surface area (Å²) in [5, 5.41) is 7.75. The standard InChI is InChI=1S/C14H18N6O2S/c1-8-10(6-12(22)19-5-4-15-11(21)7-19)9(2)20-13(16-8)17-14(18-20)23-3/h4-7H2,1-3H3,(H,15,21). The van der Waals surface area contributed by atoms with Crippen molar-refractivity contribution in [2.24, 2.45) is 0 Å². The number of nitrogens with zero attached hydrogens (tertiary/aromatic N) is 5. The zero-order valence-electron chi connectivity index (χ0n) is 13.3. The smallest absolute Gasteiger partial charge is 0.253 e. The van der Waals surface area contributed by atoms with Crippen molar-refractivity contribution in [1.82, 2.24) is 29.8 Å². The molecule has 0 aliphatic carbocycles. The lowest BCUT2D eigenvalue weighted by Gasteiger charge is -2.27. The summed E-state index contributed by atoms with van der Waals surface area (Å²) in [4.78, 5) is 34.3. The van der Waals surface area contributed by atoms with Gasteiger partial charge >= 0.3 is 0 Å². The van der Waals surface area contributed by atoms with Gasteiger partial charge in [-0.15, -0.1) is 5.10 Å². The van der Waals surface area contributed by atoms with Crippen LogP contribution in [0.4, 0.5) is 0 Å². The van der Waals surface area contributed by atoms with E-state index in [0.29, 0.717) is 24.0 Å². The van der Waals surface area contributed by atoms with Gasteiger partial charge in [0.2, 0.25) is 17.0 Å². The average molecular weight is 334 g/mol. The first-order valence-electron chi connectivity index (χ1n) is 7.31. The highest BCUT2D eigenvalue weighted by Gasteiger charge is 2.23. The van der Waals surface area contributed by atoms with Gasteiger partial charge in [-0.25, -0.2) is 9.50 Å². The highest BCUT2D eigenvalue weighted by molar-refractivity contribution is 7.98. The summed E-state index contributed by atoms with van der Waals surface area (Å²) in [5.41, 5.74) is 2.46. The molecule has 23 heavy (non-hydrogen) atoms. The van der Waals surface area contributed by atoms with Crippen LogP contribution in [0.2, 0.25) is 0 Å². The minimum absolute atomic E-state index is 0.0718. The summed E-state index contributed by atoms with van der Waals surface area (Å²) in [7, 11) is 0. The Morgan fingerprint density at radius 1 is 1.35 bits per heavy atom. The maximum Gasteiger partial charge on any atom is 0.253 e. The first kappa shape index (κ1) is 15.7. The van der Waals surface area contributed by atoms with Crippen LogP contribution < -0.4 is 5.32 Å². The number of amides is 2. The minimum atomic E-state index is -0.118. The quantitative estimate of drug-likeness (QED) is 0.792. The molecule has 2 aromatic rings. The number of carbonyl (C=O) groups excluding carboxylic acids is 2. The van der Waals surface area contributed by atoms with Crippen LogP contribution in [-0.4, -0.2) is 62.2 Å². The van der Waals surface area contributed by atoms with Crippen LogP contribution in [0, 0.1) is 13.8 Å². The zero-order valence-corrected chi connectivity index (χ0v) is 14.1. The van der Waals surface area contributed by atoms with Crippen molar-refractivity contribution in [3.05, 3.63) is 17.0 Å². The van der Waals surface area contributed by atoms with Gasteiger partial charge in [0, 0.05) is 30.0 Å². The fraction of sp³-hybridized carbons (Fsp3) is 0.500. The second-order valence-electron chi connectivity index (χ2n) is 5.41. The van der Waals surface area contributed by atoms with Crippen LogP contribution >= 0.6 is 11.8 Å². The van der Waals surface area contributed by atoms with Crippen LogP contribution in [0.15, 0.2) is 5.16 Å². The van der Waals surface area contributed by atoms with Crippen molar-refractivity contribution in [1.29, 1.82) is 0 Å². The Bertz CT molecular complexity index is 787. The Morgan fingerprint density at radius 3 is 2.83 bits per heavy atom. The molecule has 1 fully saturated rings. The molecule has 0 radical (unpaired) electrons. The van der Waals surface area contributed by atoms with Gasteiger partial charge in [-0.1, -0.05) is 11.8 Å². The molecule has 2 amide bonds. The monoisotopic (exact) mass is 334 g/mol. The van der Waals surface area contributed by atoms with Crippen LogP contribution in [0.25, 0.3) is 5.78 Å². The van der Waals surface area contributed by atoms with Crippen molar-refractivity contribution in [3.63, 3.8) is 0 Å². The molecule has 0 unspecified atom stereocenters. The predicted octanol–water partition coefficient (Wildman–Crippen LogP) is -0.0361. The lowest BCUT2D eigenvalue weighted by molar-refractivity contribution is -0.137. The average Bonchev–Trinajstić information content (AvgIpc) is 2.94. The van der Waals surface area contributed by atoms with E-state index in [2.05, 4.69) is 20.4 Å². The minimum Gasteiger partial charge on any atom is -0.353 e. The Kier molecular flexibility index (Phi) is 4.20. The molecule has 1 N–H and O–H groups in total. The topological polar surface area (TPSA) is 92.5 Å². The van der Waals surface area contributed by atoms with Crippen molar-refractivity contribution in [2.45, 2.75) is 25.4 Å². The third-order valence-electron chi connectivity index (χ3n) is 3.93. The summed E-state index contributed by atoms with van der Waals surface area (Å²) in [5.74, 6) is 0.350. The lowest BCUT2D eigenvalue weighted by Crippen LogP contribution is -2.50. The van der Waals surface area contributed by atoms with E-state index in [0.717, 1.165) is 17.0 Å². The third kappa shape index (κ3) is 3.00. The van der Waals surface area contributed by atoms with Gasteiger partial charge < -0.3 is 10.2 Å². The zero-order chi connectivity index (χ0) is 16.6. The Morgan fingerprint density at radius 2 is 2.13 bits per heavy atom. The highest BCUT2D eigenvalue weighted by Crippen LogP contribution is 2.18. The van der Waals surface area contributed by atoms with E-state index in [9.17, 15) is 9.59 Å². The second-order valence-corrected chi connectivity index (χ2v) is 6.19. The van der Waals surface area contributed by atoms with Crippen LogP contribution in [-0.2, 0) is 16.0 Å². The van der Waals surface area contributed by atoms with Crippen LogP contribution in [0.5, 0.6) is 0 Å². The molecule has 3 rings (SSSR count). The summed E-state index contributed by atoms with van der Waals surface area (Å²) in [6.07, 6.45) is 2.12. The third-order valence-corrected chi connectivity index (χ3v) is 4.47. The molecule has 0 aromatic carbocycles. The SMILES string of the molecule is CSc1nc2nc(C)c(CC(=O)N3CCNC(=O)C3)c(C)n2n1. The van der Waals surface area contributed by atoms with Crippen LogP contribution in [0.1, 0.15) is 17.0 Å². The van der Waals surface area contributed by atoms with Crippen molar-refractivity contribution in [3.8, 4) is 0 Å². The van der Waals surface area contributed by atoms with Crippen LogP contribution in [0.3, 0.4) is 0 Å². The van der Waals surface area contributed by atoms with Gasteiger partial charge in [0.15, 0.2) is 0 Å². The number of piperazine rings is 1. The molecule has 8 nitrogen and oxygen atoms in total. The maximum absolute atomic E-state index is 12.5. The molecule has 0 spiro atoms. The molecule has 2 aromatic heterocycles. The fourth-order valence-corrected chi connectivity index (χ4v) is 2.98. The number of hydrogen-bond acceptors (Lipinski definition) is 6. The Balaban J connectivity index is 1.90. The molecule has 0 bridgehead atoms. The maximum atomic E-state index is 12.5. The number of aromatic nitrogens is 4. The van der Waals surface area contributed by atoms with E-state index in [1.807, 2.05) is 20.1 Å². The van der Waals surface area contributed by atoms with Crippen molar-refractivity contribution in [2.75, 3.05) is 25.9 Å². The number of nitrogens with one attached hydrogen (secondary N) is 1. The molecule has 1 aliphatic heterocycles. The largest absolute Gasteiger partial charge is 0.353 e. The van der Waals surface area contributed by atoms with E-state index in [1.54, 1.807) is 9.42 Å². The normalized spacial score (nSPS) is 15.1. The number of fused-ring (bicyclic) bond motifs is 1. The molecule has 122 valence electrons. The lowest BCUT2D eigenvalue weighted by atomic mass is 10.1. The van der Waals surface area contributed by atoms with Gasteiger partial charge in [-0.05, 0) is 20.1 Å². The second kappa shape index (κ2) is 6.15. The molecule has 9 heteroatoms. The molecular formula is C14H18N6O2S. The fourth-order valence-electron chi connectivity index (χ4n) is 2.65. The number of thioether (sulfide) groups is 1. The summed E-state index contributed by atoms with van der Waals surface area (Å²) in [6.45, 7) is 4.93. The van der Waals surface area contributed by atoms with E-state index >= 15 is 0 Å². The molecular weight excluding hydrogens is 316 g/mol. The number of hydrogen-bond donors (Lipinski definition) is 1. The molecule has 3 heterocycles. The molecule has 1 saturated heterocycles. The van der Waals surface area contributed by atoms with Gasteiger partial charge in [0.05, 0.1) is 13.0 Å². The predicted molar refractivity (Wildman–Crippen MR) is 85.3 cm³/mol. The van der Waals surface area contributed by atoms with Gasteiger partial charge in [0.1, 0.15) is 0 Å². The first-order chi connectivity index (χ1) is 11.0. The summed E-state index contributed by atoms with van der Waals surface area (Å²) in [6, 6.07) is 0.